The molecule has 4 rings (SSSR count). The average Bonchev–Trinajstić information content (AvgIpc) is 2.89. The van der Waals surface area contributed by atoms with Gasteiger partial charge in [-0.15, -0.1) is 4.40 Å². The van der Waals surface area contributed by atoms with E-state index in [1.165, 1.54) is 0 Å². The Hall–Kier alpha value is -3.00. The summed E-state index contributed by atoms with van der Waals surface area (Å²) >= 11 is 0. The van der Waals surface area contributed by atoms with Crippen LogP contribution in [0.4, 0.5) is 0 Å². The smallest absolute Gasteiger partial charge is 0.285 e. The molecule has 0 saturated carbocycles. The monoisotopic (exact) mass is 410 g/mol. The lowest BCUT2D eigenvalue weighted by Crippen LogP contribution is -2.37. The molecule has 3 heterocycles. The second kappa shape index (κ2) is 7.79. The highest BCUT2D eigenvalue weighted by molar-refractivity contribution is 8.00. The van der Waals surface area contributed by atoms with Gasteiger partial charge in [-0.25, -0.2) is 0 Å². The molecule has 1 fully saturated rings. The molecule has 0 aliphatic carbocycles. The SMILES string of the molecule is CC1=C(c2ccccc2)S(=O)(=O)N=C1N1CCCN(C(=O)c2ccccn2)CC1. The number of hydrogen-bond donors (Lipinski definition) is 0. The first-order valence-electron chi connectivity index (χ1n) is 9.54. The van der Waals surface area contributed by atoms with Gasteiger partial charge in [-0.2, -0.15) is 8.42 Å². The maximum absolute atomic E-state index is 12.7. The Kier molecular flexibility index (Phi) is 5.19. The summed E-state index contributed by atoms with van der Waals surface area (Å²) in [5.41, 5.74) is 1.72. The molecule has 2 aromatic rings. The minimum absolute atomic E-state index is 0.106. The van der Waals surface area contributed by atoms with Gasteiger partial charge in [0.05, 0.1) is 0 Å². The molecule has 2 aliphatic heterocycles. The van der Waals surface area contributed by atoms with E-state index in [2.05, 4.69) is 9.38 Å². The van der Waals surface area contributed by atoms with Crippen LogP contribution in [0.2, 0.25) is 0 Å². The molecule has 8 heteroatoms. The van der Waals surface area contributed by atoms with Crippen LogP contribution in [0.5, 0.6) is 0 Å². The number of amidine groups is 1. The van der Waals surface area contributed by atoms with Gasteiger partial charge in [-0.05, 0) is 31.0 Å². The van der Waals surface area contributed by atoms with Gasteiger partial charge in [-0.3, -0.25) is 9.78 Å². The topological polar surface area (TPSA) is 82.9 Å². The molecule has 0 spiro atoms. The first-order chi connectivity index (χ1) is 14.0. The minimum atomic E-state index is -3.74. The van der Waals surface area contributed by atoms with E-state index in [4.69, 9.17) is 0 Å². The summed E-state index contributed by atoms with van der Waals surface area (Å²) in [5.74, 6) is 0.377. The molecule has 0 radical (unpaired) electrons. The third-order valence-electron chi connectivity index (χ3n) is 5.14. The fraction of sp³-hybridized carbons (Fsp3) is 0.286. The number of carbonyl (C=O) groups excluding carboxylic acids is 1. The number of benzene rings is 1. The Morgan fingerprint density at radius 3 is 2.45 bits per heavy atom. The van der Waals surface area contributed by atoms with Gasteiger partial charge in [0.2, 0.25) is 0 Å². The molecule has 29 heavy (non-hydrogen) atoms. The van der Waals surface area contributed by atoms with E-state index in [9.17, 15) is 13.2 Å². The van der Waals surface area contributed by atoms with Crippen LogP contribution < -0.4 is 0 Å². The highest BCUT2D eigenvalue weighted by Crippen LogP contribution is 2.33. The number of rotatable bonds is 2. The normalized spacial score (nSPS) is 19.1. The average molecular weight is 410 g/mol. The van der Waals surface area contributed by atoms with E-state index >= 15 is 0 Å². The molecule has 1 amide bonds. The Balaban J connectivity index is 1.55. The molecule has 7 nitrogen and oxygen atoms in total. The van der Waals surface area contributed by atoms with Crippen molar-refractivity contribution in [1.82, 2.24) is 14.8 Å². The molecule has 150 valence electrons. The van der Waals surface area contributed by atoms with Crippen molar-refractivity contribution in [2.45, 2.75) is 13.3 Å². The van der Waals surface area contributed by atoms with Gasteiger partial charge < -0.3 is 9.80 Å². The quantitative estimate of drug-likeness (QED) is 0.759. The molecule has 1 aromatic heterocycles. The number of nitrogens with zero attached hydrogens (tertiary/aromatic N) is 4. The zero-order valence-corrected chi connectivity index (χ0v) is 17.0. The van der Waals surface area contributed by atoms with E-state index in [-0.39, 0.29) is 10.8 Å². The van der Waals surface area contributed by atoms with Crippen molar-refractivity contribution in [3.63, 3.8) is 0 Å². The van der Waals surface area contributed by atoms with Gasteiger partial charge in [0.25, 0.3) is 15.9 Å². The maximum atomic E-state index is 12.7. The lowest BCUT2D eigenvalue weighted by molar-refractivity contribution is 0.0758. The number of aromatic nitrogens is 1. The fourth-order valence-electron chi connectivity index (χ4n) is 3.76. The molecule has 1 saturated heterocycles. The largest absolute Gasteiger partial charge is 0.354 e. The first kappa shape index (κ1) is 19.3. The van der Waals surface area contributed by atoms with Crippen molar-refractivity contribution in [1.29, 1.82) is 0 Å². The molecule has 0 bridgehead atoms. The van der Waals surface area contributed by atoms with Crippen LogP contribution >= 0.6 is 0 Å². The molecule has 0 atom stereocenters. The first-order valence-corrected chi connectivity index (χ1v) is 11.0. The lowest BCUT2D eigenvalue weighted by Gasteiger charge is -2.23. The van der Waals surface area contributed by atoms with Crippen LogP contribution in [0, 0.1) is 0 Å². The van der Waals surface area contributed by atoms with Gasteiger partial charge in [0.1, 0.15) is 16.4 Å². The number of carbonyl (C=O) groups is 1. The minimum Gasteiger partial charge on any atom is -0.354 e. The van der Waals surface area contributed by atoms with Gasteiger partial charge >= 0.3 is 0 Å². The van der Waals surface area contributed by atoms with E-state index in [0.29, 0.717) is 48.8 Å². The van der Waals surface area contributed by atoms with E-state index in [1.54, 1.807) is 48.4 Å². The summed E-state index contributed by atoms with van der Waals surface area (Å²) in [6.07, 6.45) is 2.33. The maximum Gasteiger partial charge on any atom is 0.285 e. The summed E-state index contributed by atoms with van der Waals surface area (Å²) in [7, 11) is -3.74. The zero-order chi connectivity index (χ0) is 20.4. The Morgan fingerprint density at radius 1 is 0.966 bits per heavy atom. The van der Waals surface area contributed by atoms with Crippen LogP contribution in [-0.2, 0) is 10.0 Å². The van der Waals surface area contributed by atoms with Crippen LogP contribution in [0.15, 0.2) is 64.7 Å². The number of hydrogen-bond acceptors (Lipinski definition) is 5. The van der Waals surface area contributed by atoms with Crippen molar-refractivity contribution >= 4 is 26.7 Å². The molecule has 1 aromatic carbocycles. The lowest BCUT2D eigenvalue weighted by atomic mass is 10.1. The highest BCUT2D eigenvalue weighted by Gasteiger charge is 2.34. The fourth-order valence-corrected chi connectivity index (χ4v) is 5.24. The summed E-state index contributed by atoms with van der Waals surface area (Å²) in [6, 6.07) is 14.3. The standard InChI is InChI=1S/C21H22N4O3S/c1-16-19(17-8-3-2-4-9-17)29(27,28)23-20(16)24-12-7-13-25(15-14-24)21(26)18-10-5-6-11-22-18/h2-6,8-11H,7,12-15H2,1H3. The van der Waals surface area contributed by atoms with E-state index < -0.39 is 10.0 Å². The van der Waals surface area contributed by atoms with Crippen molar-refractivity contribution in [2.24, 2.45) is 4.40 Å². The Labute approximate surface area is 170 Å². The molecular weight excluding hydrogens is 388 g/mol. The van der Waals surface area contributed by atoms with Crippen LogP contribution in [0.25, 0.3) is 4.91 Å². The van der Waals surface area contributed by atoms with Crippen molar-refractivity contribution in [3.05, 3.63) is 71.6 Å². The van der Waals surface area contributed by atoms with Crippen LogP contribution in [-0.4, -0.2) is 61.1 Å². The summed E-state index contributed by atoms with van der Waals surface area (Å²) < 4.78 is 29.5. The summed E-state index contributed by atoms with van der Waals surface area (Å²) in [4.78, 5) is 20.8. The zero-order valence-electron chi connectivity index (χ0n) is 16.2. The van der Waals surface area contributed by atoms with Gasteiger partial charge in [0, 0.05) is 37.9 Å². The van der Waals surface area contributed by atoms with E-state index in [0.717, 1.165) is 6.42 Å². The molecule has 2 aliphatic rings. The molecule has 0 N–H and O–H groups in total. The second-order valence-corrected chi connectivity index (χ2v) is 8.60. The summed E-state index contributed by atoms with van der Waals surface area (Å²) in [6.45, 7) is 4.04. The third kappa shape index (κ3) is 3.80. The molecular formula is C21H22N4O3S. The van der Waals surface area contributed by atoms with Crippen molar-refractivity contribution in [3.8, 4) is 0 Å². The third-order valence-corrected chi connectivity index (χ3v) is 6.61. The van der Waals surface area contributed by atoms with Crippen LogP contribution in [0.3, 0.4) is 0 Å². The van der Waals surface area contributed by atoms with E-state index in [1.807, 2.05) is 23.1 Å². The predicted molar refractivity (Wildman–Crippen MR) is 112 cm³/mol. The highest BCUT2D eigenvalue weighted by atomic mass is 32.2. The summed E-state index contributed by atoms with van der Waals surface area (Å²) in [5, 5.41) is 0. The van der Waals surface area contributed by atoms with Gasteiger partial charge in [0.15, 0.2) is 0 Å². The Morgan fingerprint density at radius 2 is 1.72 bits per heavy atom. The van der Waals surface area contributed by atoms with Crippen molar-refractivity contribution < 1.29 is 13.2 Å². The van der Waals surface area contributed by atoms with Crippen molar-refractivity contribution in [2.75, 3.05) is 26.2 Å². The number of amides is 1. The second-order valence-electron chi connectivity index (χ2n) is 7.06. The Bertz CT molecular complexity index is 1080. The predicted octanol–water partition coefficient (Wildman–Crippen LogP) is 2.40. The van der Waals surface area contributed by atoms with Crippen LogP contribution in [0.1, 0.15) is 29.4 Å². The molecule has 0 unspecified atom stereocenters. The number of pyridine rings is 1. The number of sulfonamides is 1. The van der Waals surface area contributed by atoms with Gasteiger partial charge in [-0.1, -0.05) is 36.4 Å².